The Hall–Kier alpha value is -2.67. The maximum Gasteiger partial charge on any atom is 0.322 e. The molecule has 1 N–H and O–H groups in total. The Labute approximate surface area is 181 Å². The van der Waals surface area contributed by atoms with Crippen molar-refractivity contribution in [3.63, 3.8) is 0 Å². The molecule has 0 fully saturated rings. The summed E-state index contributed by atoms with van der Waals surface area (Å²) in [6.45, 7) is 0. The van der Waals surface area contributed by atoms with Crippen molar-refractivity contribution in [1.29, 1.82) is 0 Å². The van der Waals surface area contributed by atoms with Gasteiger partial charge in [0.05, 0.1) is 9.90 Å². The number of nitrogens with zero attached hydrogens (tertiary/aromatic N) is 2. The number of halogens is 2. The number of rotatable bonds is 6. The molecule has 0 aliphatic carbocycles. The van der Waals surface area contributed by atoms with E-state index in [4.69, 9.17) is 27.6 Å². The Balaban J connectivity index is 1.51. The van der Waals surface area contributed by atoms with Crippen LogP contribution in [0.5, 0.6) is 0 Å². The number of hydrogen-bond acceptors (Lipinski definition) is 5. The lowest BCUT2D eigenvalue weighted by Crippen LogP contribution is -2.16. The van der Waals surface area contributed by atoms with Gasteiger partial charge in [-0.05, 0) is 17.2 Å². The second-order valence-electron chi connectivity index (χ2n) is 6.28. The van der Waals surface area contributed by atoms with Gasteiger partial charge in [0.25, 0.3) is 5.89 Å². The van der Waals surface area contributed by atoms with Crippen LogP contribution in [0.1, 0.15) is 23.5 Å². The van der Waals surface area contributed by atoms with Crippen molar-refractivity contribution in [2.75, 3.05) is 5.32 Å². The molecule has 2 aromatic carbocycles. The van der Waals surface area contributed by atoms with E-state index in [-0.39, 0.29) is 30.2 Å². The van der Waals surface area contributed by atoms with E-state index in [1.807, 2.05) is 60.7 Å². The lowest BCUT2D eigenvalue weighted by Gasteiger charge is -2.17. The number of hydrogen-bond donors (Lipinski definition) is 1. The van der Waals surface area contributed by atoms with Crippen molar-refractivity contribution in [2.45, 2.75) is 12.3 Å². The van der Waals surface area contributed by atoms with E-state index in [1.54, 1.807) is 6.07 Å². The van der Waals surface area contributed by atoms with Gasteiger partial charge in [0.15, 0.2) is 0 Å². The zero-order valence-electron chi connectivity index (χ0n) is 15.0. The SMILES string of the molecule is O=C(CC(c1ccccc1)c1ccccc1)Nc1nnc(-c2cc(Cl)sc2Cl)o1. The minimum Gasteiger partial charge on any atom is -0.403 e. The van der Waals surface area contributed by atoms with Crippen LogP contribution < -0.4 is 5.32 Å². The summed E-state index contributed by atoms with van der Waals surface area (Å²) in [6, 6.07) is 21.5. The first-order valence-corrected chi connectivity index (χ1v) is 10.4. The van der Waals surface area contributed by atoms with Crippen LogP contribution in [0.4, 0.5) is 6.01 Å². The fourth-order valence-electron chi connectivity index (χ4n) is 3.02. The summed E-state index contributed by atoms with van der Waals surface area (Å²) in [4.78, 5) is 12.7. The van der Waals surface area contributed by atoms with E-state index >= 15 is 0 Å². The van der Waals surface area contributed by atoms with Crippen molar-refractivity contribution in [3.8, 4) is 11.5 Å². The van der Waals surface area contributed by atoms with Gasteiger partial charge in [0.2, 0.25) is 5.91 Å². The number of anilines is 1. The van der Waals surface area contributed by atoms with Crippen molar-refractivity contribution in [2.24, 2.45) is 0 Å². The number of amides is 1. The molecule has 1 amide bonds. The monoisotopic (exact) mass is 443 g/mol. The minimum atomic E-state index is -0.229. The van der Waals surface area contributed by atoms with Gasteiger partial charge < -0.3 is 4.42 Å². The molecular weight excluding hydrogens is 429 g/mol. The number of nitrogens with one attached hydrogen (secondary N) is 1. The zero-order chi connectivity index (χ0) is 20.2. The largest absolute Gasteiger partial charge is 0.403 e. The van der Waals surface area contributed by atoms with E-state index in [9.17, 15) is 4.79 Å². The fourth-order valence-corrected chi connectivity index (χ4v) is 4.47. The predicted molar refractivity (Wildman–Crippen MR) is 116 cm³/mol. The summed E-state index contributed by atoms with van der Waals surface area (Å²) in [7, 11) is 0. The molecule has 0 spiro atoms. The molecule has 0 saturated heterocycles. The second-order valence-corrected chi connectivity index (χ2v) is 8.56. The van der Waals surface area contributed by atoms with Crippen molar-refractivity contribution < 1.29 is 9.21 Å². The van der Waals surface area contributed by atoms with Gasteiger partial charge in [-0.25, -0.2) is 0 Å². The van der Waals surface area contributed by atoms with E-state index in [0.717, 1.165) is 11.1 Å². The summed E-state index contributed by atoms with van der Waals surface area (Å²) in [5, 5.41) is 10.5. The van der Waals surface area contributed by atoms with Crippen LogP contribution in [0.3, 0.4) is 0 Å². The summed E-state index contributed by atoms with van der Waals surface area (Å²) >= 11 is 13.3. The van der Waals surface area contributed by atoms with E-state index in [2.05, 4.69) is 15.5 Å². The maximum absolute atomic E-state index is 12.7. The molecule has 4 rings (SSSR count). The average Bonchev–Trinajstić information content (AvgIpc) is 3.33. The first kappa shape index (κ1) is 19.6. The first-order valence-electron chi connectivity index (χ1n) is 8.78. The smallest absolute Gasteiger partial charge is 0.322 e. The highest BCUT2D eigenvalue weighted by atomic mass is 35.5. The molecule has 0 unspecified atom stereocenters. The third-order valence-electron chi connectivity index (χ3n) is 4.35. The highest BCUT2D eigenvalue weighted by Gasteiger charge is 2.20. The molecule has 0 aliphatic heterocycles. The average molecular weight is 444 g/mol. The Kier molecular flexibility index (Phi) is 5.94. The van der Waals surface area contributed by atoms with Gasteiger partial charge in [-0.15, -0.1) is 16.4 Å². The van der Waals surface area contributed by atoms with Crippen LogP contribution in [-0.4, -0.2) is 16.1 Å². The fraction of sp³-hybridized carbons (Fsp3) is 0.0952. The molecule has 5 nitrogen and oxygen atoms in total. The topological polar surface area (TPSA) is 68.0 Å². The van der Waals surface area contributed by atoms with Crippen molar-refractivity contribution in [1.82, 2.24) is 10.2 Å². The molecular formula is C21H15Cl2N3O2S. The van der Waals surface area contributed by atoms with Gasteiger partial charge >= 0.3 is 6.01 Å². The van der Waals surface area contributed by atoms with Crippen LogP contribution in [0.15, 0.2) is 71.1 Å². The van der Waals surface area contributed by atoms with Crippen LogP contribution in [0.25, 0.3) is 11.5 Å². The summed E-state index contributed by atoms with van der Waals surface area (Å²) in [5.74, 6) is -0.117. The van der Waals surface area contributed by atoms with Crippen LogP contribution in [0.2, 0.25) is 8.67 Å². The van der Waals surface area contributed by atoms with Gasteiger partial charge in [-0.2, -0.15) is 0 Å². The molecule has 0 bridgehead atoms. The molecule has 146 valence electrons. The van der Waals surface area contributed by atoms with E-state index < -0.39 is 0 Å². The number of thiophene rings is 1. The summed E-state index contributed by atoms with van der Waals surface area (Å²) < 4.78 is 6.50. The van der Waals surface area contributed by atoms with Gasteiger partial charge in [0.1, 0.15) is 4.34 Å². The van der Waals surface area contributed by atoms with E-state index in [0.29, 0.717) is 14.2 Å². The Morgan fingerprint density at radius 3 is 2.17 bits per heavy atom. The van der Waals surface area contributed by atoms with Crippen molar-refractivity contribution >= 4 is 46.5 Å². The second kappa shape index (κ2) is 8.78. The quantitative estimate of drug-likeness (QED) is 0.381. The number of carbonyl (C=O) groups excluding carboxylic acids is 1. The first-order chi connectivity index (χ1) is 14.1. The van der Waals surface area contributed by atoms with Gasteiger partial charge in [-0.1, -0.05) is 89.0 Å². The van der Waals surface area contributed by atoms with E-state index in [1.165, 1.54) is 11.3 Å². The Bertz CT molecular complexity index is 1070. The zero-order valence-corrected chi connectivity index (χ0v) is 17.3. The molecule has 0 saturated carbocycles. The van der Waals surface area contributed by atoms with Gasteiger partial charge in [0, 0.05) is 12.3 Å². The Morgan fingerprint density at radius 2 is 1.62 bits per heavy atom. The summed E-state index contributed by atoms with van der Waals surface area (Å²) in [6.07, 6.45) is 0.233. The normalized spacial score (nSPS) is 11.0. The lowest BCUT2D eigenvalue weighted by molar-refractivity contribution is -0.116. The lowest BCUT2D eigenvalue weighted by atomic mass is 9.88. The minimum absolute atomic E-state index is 0.0169. The molecule has 29 heavy (non-hydrogen) atoms. The third-order valence-corrected chi connectivity index (χ3v) is 5.84. The molecule has 0 radical (unpaired) electrons. The third kappa shape index (κ3) is 4.67. The predicted octanol–water partition coefficient (Wildman–Crippen LogP) is 6.27. The molecule has 2 heterocycles. The Morgan fingerprint density at radius 1 is 1.00 bits per heavy atom. The molecule has 2 aromatic heterocycles. The number of carbonyl (C=O) groups is 1. The van der Waals surface area contributed by atoms with Crippen LogP contribution >= 0.6 is 34.5 Å². The maximum atomic E-state index is 12.7. The van der Waals surface area contributed by atoms with Crippen LogP contribution in [-0.2, 0) is 4.79 Å². The van der Waals surface area contributed by atoms with Gasteiger partial charge in [-0.3, -0.25) is 10.1 Å². The molecule has 8 heteroatoms. The summed E-state index contributed by atoms with van der Waals surface area (Å²) in [5.41, 5.74) is 2.65. The molecule has 4 aromatic rings. The number of benzene rings is 2. The molecule has 0 atom stereocenters. The highest BCUT2D eigenvalue weighted by Crippen LogP contribution is 2.38. The standard InChI is InChI=1S/C21H15Cl2N3O2S/c22-17-11-16(19(23)29-17)20-25-26-21(28-20)24-18(27)12-15(13-7-3-1-4-8-13)14-9-5-2-6-10-14/h1-11,15H,12H2,(H,24,26,27). The highest BCUT2D eigenvalue weighted by molar-refractivity contribution is 7.20. The molecule has 0 aliphatic rings. The van der Waals surface area contributed by atoms with Crippen LogP contribution in [0, 0.1) is 0 Å². The number of aromatic nitrogens is 2. The van der Waals surface area contributed by atoms with Crippen molar-refractivity contribution in [3.05, 3.63) is 86.5 Å².